The molecule has 1 aliphatic rings. The van der Waals surface area contributed by atoms with E-state index in [0.29, 0.717) is 12.2 Å². The molecule has 0 aliphatic carbocycles. The fourth-order valence-electron chi connectivity index (χ4n) is 3.17. The number of aromatic nitrogens is 2. The lowest BCUT2D eigenvalue weighted by molar-refractivity contribution is 0.0927. The molecule has 3 aromatic rings. The minimum absolute atomic E-state index is 0.168. The molecule has 25 heavy (non-hydrogen) atoms. The average Bonchev–Trinajstić information content (AvgIpc) is 3.13. The van der Waals surface area contributed by atoms with Crippen molar-refractivity contribution >= 4 is 28.3 Å². The van der Waals surface area contributed by atoms with Crippen molar-refractivity contribution in [3.8, 4) is 0 Å². The zero-order valence-corrected chi connectivity index (χ0v) is 14.9. The lowest BCUT2D eigenvalue weighted by Gasteiger charge is -2.32. The maximum absolute atomic E-state index is 12.4. The molecule has 4 rings (SSSR count). The van der Waals surface area contributed by atoms with Gasteiger partial charge in [-0.1, -0.05) is 12.1 Å². The normalized spacial score (nSPS) is 15.7. The summed E-state index contributed by atoms with van der Waals surface area (Å²) in [4.78, 5) is 25.0. The summed E-state index contributed by atoms with van der Waals surface area (Å²) in [6.07, 6.45) is 2.64. The summed E-state index contributed by atoms with van der Waals surface area (Å²) < 4.78 is 0. The summed E-state index contributed by atoms with van der Waals surface area (Å²) in [5.74, 6) is -0.168. The highest BCUT2D eigenvalue weighted by atomic mass is 32.1. The molecule has 2 aromatic heterocycles. The third-order valence-electron chi connectivity index (χ3n) is 4.70. The van der Waals surface area contributed by atoms with E-state index in [4.69, 9.17) is 0 Å². The van der Waals surface area contributed by atoms with Crippen LogP contribution in [0.4, 0.5) is 0 Å². The number of amides is 1. The highest BCUT2D eigenvalue weighted by Crippen LogP contribution is 2.24. The number of carbonyl (C=O) groups is 1. The zero-order valence-electron chi connectivity index (χ0n) is 14.1. The standard InChI is InChI=1S/C19H20N4OS/c1-13(23-8-6-18-14(12-23)7-9-25-18)10-21-19(24)17-11-20-15-4-2-3-5-16(15)22-17/h2-5,7,9,11,13H,6,8,10,12H2,1H3,(H,21,24). The lowest BCUT2D eigenvalue weighted by Crippen LogP contribution is -2.44. The van der Waals surface area contributed by atoms with Gasteiger partial charge in [-0.3, -0.25) is 14.7 Å². The molecule has 0 fully saturated rings. The van der Waals surface area contributed by atoms with Crippen molar-refractivity contribution in [2.45, 2.75) is 25.9 Å². The van der Waals surface area contributed by atoms with Crippen LogP contribution in [-0.2, 0) is 13.0 Å². The Morgan fingerprint density at radius 1 is 1.32 bits per heavy atom. The van der Waals surface area contributed by atoms with Gasteiger partial charge >= 0.3 is 0 Å². The molecule has 0 saturated carbocycles. The number of rotatable bonds is 4. The second kappa shape index (κ2) is 6.90. The molecule has 128 valence electrons. The van der Waals surface area contributed by atoms with E-state index >= 15 is 0 Å². The fraction of sp³-hybridized carbons (Fsp3) is 0.316. The molecule has 1 aromatic carbocycles. The molecule has 5 nitrogen and oxygen atoms in total. The first-order valence-corrected chi connectivity index (χ1v) is 9.38. The van der Waals surface area contributed by atoms with Crippen LogP contribution in [-0.4, -0.2) is 39.9 Å². The van der Waals surface area contributed by atoms with Gasteiger partial charge in [0.15, 0.2) is 0 Å². The molecule has 0 bridgehead atoms. The van der Waals surface area contributed by atoms with E-state index in [1.165, 1.54) is 10.4 Å². The molecule has 6 heteroatoms. The molecule has 1 amide bonds. The number of thiophene rings is 1. The van der Waals surface area contributed by atoms with Gasteiger partial charge in [0, 0.05) is 30.6 Å². The molecule has 1 aliphatic heterocycles. The maximum atomic E-state index is 12.4. The Bertz CT molecular complexity index is 907. The highest BCUT2D eigenvalue weighted by molar-refractivity contribution is 7.10. The Morgan fingerprint density at radius 2 is 2.16 bits per heavy atom. The van der Waals surface area contributed by atoms with E-state index in [2.05, 4.69) is 38.6 Å². The van der Waals surface area contributed by atoms with Gasteiger partial charge in [-0.05, 0) is 42.5 Å². The Labute approximate surface area is 150 Å². The Kier molecular flexibility index (Phi) is 4.46. The summed E-state index contributed by atoms with van der Waals surface area (Å²) in [5.41, 5.74) is 3.33. The Morgan fingerprint density at radius 3 is 3.04 bits per heavy atom. The van der Waals surface area contributed by atoms with Crippen LogP contribution in [0.3, 0.4) is 0 Å². The third kappa shape index (κ3) is 3.41. The Balaban J connectivity index is 1.38. The second-order valence-electron chi connectivity index (χ2n) is 6.39. The summed E-state index contributed by atoms with van der Waals surface area (Å²) >= 11 is 1.84. The molecular weight excluding hydrogens is 332 g/mol. The van der Waals surface area contributed by atoms with Crippen molar-refractivity contribution in [1.82, 2.24) is 20.2 Å². The molecule has 0 radical (unpaired) electrons. The van der Waals surface area contributed by atoms with Gasteiger partial charge in [0.1, 0.15) is 5.69 Å². The van der Waals surface area contributed by atoms with Gasteiger partial charge in [0.05, 0.1) is 17.2 Å². The van der Waals surface area contributed by atoms with Crippen LogP contribution < -0.4 is 5.32 Å². The maximum Gasteiger partial charge on any atom is 0.271 e. The third-order valence-corrected chi connectivity index (χ3v) is 5.72. The number of nitrogens with one attached hydrogen (secondary N) is 1. The summed E-state index contributed by atoms with van der Waals surface area (Å²) in [7, 11) is 0. The average molecular weight is 352 g/mol. The monoisotopic (exact) mass is 352 g/mol. The molecule has 0 spiro atoms. The quantitative estimate of drug-likeness (QED) is 0.784. The van der Waals surface area contributed by atoms with Gasteiger partial charge in [0.25, 0.3) is 5.91 Å². The van der Waals surface area contributed by atoms with Crippen molar-refractivity contribution in [2.75, 3.05) is 13.1 Å². The minimum Gasteiger partial charge on any atom is -0.349 e. The number of nitrogens with zero attached hydrogens (tertiary/aromatic N) is 3. The van der Waals surface area contributed by atoms with E-state index in [1.54, 1.807) is 6.20 Å². The molecule has 1 unspecified atom stereocenters. The first-order chi connectivity index (χ1) is 12.2. The van der Waals surface area contributed by atoms with Gasteiger partial charge in [-0.15, -0.1) is 11.3 Å². The van der Waals surface area contributed by atoms with Crippen molar-refractivity contribution < 1.29 is 4.79 Å². The first-order valence-electron chi connectivity index (χ1n) is 8.50. The van der Waals surface area contributed by atoms with Crippen LogP contribution in [0, 0.1) is 0 Å². The number of para-hydroxylation sites is 2. The smallest absolute Gasteiger partial charge is 0.271 e. The summed E-state index contributed by atoms with van der Waals surface area (Å²) in [5, 5.41) is 5.16. The topological polar surface area (TPSA) is 58.1 Å². The number of hydrogen-bond donors (Lipinski definition) is 1. The number of benzene rings is 1. The van der Waals surface area contributed by atoms with Crippen LogP contribution in [0.25, 0.3) is 11.0 Å². The van der Waals surface area contributed by atoms with Gasteiger partial charge in [0.2, 0.25) is 0 Å². The van der Waals surface area contributed by atoms with Crippen LogP contribution in [0.15, 0.2) is 41.9 Å². The van der Waals surface area contributed by atoms with Crippen molar-refractivity contribution in [3.05, 3.63) is 58.0 Å². The Hall–Kier alpha value is -2.31. The zero-order chi connectivity index (χ0) is 17.2. The van der Waals surface area contributed by atoms with Crippen LogP contribution >= 0.6 is 11.3 Å². The molecule has 1 N–H and O–H groups in total. The predicted octanol–water partition coefficient (Wildman–Crippen LogP) is 2.87. The van der Waals surface area contributed by atoms with E-state index in [0.717, 1.165) is 30.5 Å². The second-order valence-corrected chi connectivity index (χ2v) is 7.39. The lowest BCUT2D eigenvalue weighted by atomic mass is 10.1. The molecular formula is C19H20N4OS. The first kappa shape index (κ1) is 16.2. The van der Waals surface area contributed by atoms with Gasteiger partial charge in [-0.25, -0.2) is 4.98 Å². The van der Waals surface area contributed by atoms with Crippen molar-refractivity contribution in [3.63, 3.8) is 0 Å². The van der Waals surface area contributed by atoms with Crippen LogP contribution in [0.5, 0.6) is 0 Å². The highest BCUT2D eigenvalue weighted by Gasteiger charge is 2.22. The summed E-state index contributed by atoms with van der Waals surface area (Å²) in [6, 6.07) is 10.1. The number of hydrogen-bond acceptors (Lipinski definition) is 5. The van der Waals surface area contributed by atoms with E-state index in [1.807, 2.05) is 35.6 Å². The number of carbonyl (C=O) groups excluding carboxylic acids is 1. The summed E-state index contributed by atoms with van der Waals surface area (Å²) in [6.45, 7) is 4.77. The fourth-order valence-corrected chi connectivity index (χ4v) is 4.06. The van der Waals surface area contributed by atoms with Crippen molar-refractivity contribution in [1.29, 1.82) is 0 Å². The van der Waals surface area contributed by atoms with Gasteiger partial charge < -0.3 is 5.32 Å². The van der Waals surface area contributed by atoms with Gasteiger partial charge in [-0.2, -0.15) is 0 Å². The molecule has 0 saturated heterocycles. The molecule has 1 atom stereocenters. The van der Waals surface area contributed by atoms with E-state index < -0.39 is 0 Å². The molecule has 3 heterocycles. The van der Waals surface area contributed by atoms with E-state index in [-0.39, 0.29) is 11.9 Å². The van der Waals surface area contributed by atoms with Crippen LogP contribution in [0.2, 0.25) is 0 Å². The number of fused-ring (bicyclic) bond motifs is 2. The van der Waals surface area contributed by atoms with Crippen LogP contribution in [0.1, 0.15) is 27.9 Å². The minimum atomic E-state index is -0.168. The SMILES string of the molecule is CC(CNC(=O)c1cnc2ccccc2n1)N1CCc2sccc2C1. The van der Waals surface area contributed by atoms with E-state index in [9.17, 15) is 4.79 Å². The van der Waals surface area contributed by atoms with Crippen molar-refractivity contribution in [2.24, 2.45) is 0 Å². The largest absolute Gasteiger partial charge is 0.349 e. The predicted molar refractivity (Wildman–Crippen MR) is 99.8 cm³/mol.